The van der Waals surface area contributed by atoms with Gasteiger partial charge in [0.15, 0.2) is 5.78 Å². The monoisotopic (exact) mass is 580 g/mol. The number of carbonyl (C=O) groups is 2. The van der Waals surface area contributed by atoms with Crippen molar-refractivity contribution in [1.82, 2.24) is 14.9 Å². The average Bonchev–Trinajstić information content (AvgIpc) is 3.24. The van der Waals surface area contributed by atoms with Crippen LogP contribution in [-0.2, 0) is 11.3 Å². The molecule has 2 aromatic heterocycles. The predicted molar refractivity (Wildman–Crippen MR) is 150 cm³/mol. The quantitative estimate of drug-likeness (QED) is 0.102. The fourth-order valence-electron chi connectivity index (χ4n) is 4.46. The first kappa shape index (κ1) is 27.3. The minimum absolute atomic E-state index is 0.0167. The van der Waals surface area contributed by atoms with E-state index in [4.69, 9.17) is 4.74 Å². The van der Waals surface area contributed by atoms with Crippen LogP contribution in [0, 0.1) is 15.9 Å². The number of non-ortho nitro benzene ring substituents is 1. The number of ketones is 1. The molecule has 0 saturated carbocycles. The highest BCUT2D eigenvalue weighted by molar-refractivity contribution is 8.76. The van der Waals surface area contributed by atoms with Gasteiger partial charge < -0.3 is 14.6 Å². The van der Waals surface area contributed by atoms with Crippen molar-refractivity contribution in [3.8, 4) is 11.3 Å². The lowest BCUT2D eigenvalue weighted by molar-refractivity contribution is -0.384. The third-order valence-electron chi connectivity index (χ3n) is 6.18. The Bertz CT molecular complexity index is 1700. The summed E-state index contributed by atoms with van der Waals surface area (Å²) in [6.07, 6.45) is 1.40. The fraction of sp³-hybridized carbons (Fsp3) is 0.185. The van der Waals surface area contributed by atoms with E-state index in [2.05, 4.69) is 10.3 Å². The molecule has 40 heavy (non-hydrogen) atoms. The Morgan fingerprint density at radius 3 is 2.73 bits per heavy atom. The molecule has 0 saturated heterocycles. The molecule has 10 nitrogen and oxygen atoms in total. The normalized spacial score (nSPS) is 11.8. The highest BCUT2D eigenvalue weighted by atomic mass is 33.1. The number of nitro benzene ring substituents is 1. The van der Waals surface area contributed by atoms with Gasteiger partial charge in [-0.05, 0) is 53.6 Å². The van der Waals surface area contributed by atoms with Gasteiger partial charge in [0.05, 0.1) is 21.6 Å². The Morgan fingerprint density at radius 2 is 1.95 bits per heavy atom. The van der Waals surface area contributed by atoms with Crippen LogP contribution in [0.2, 0.25) is 0 Å². The van der Waals surface area contributed by atoms with Crippen molar-refractivity contribution < 1.29 is 23.6 Å². The van der Waals surface area contributed by atoms with Gasteiger partial charge in [0.2, 0.25) is 0 Å². The van der Waals surface area contributed by atoms with Crippen molar-refractivity contribution in [2.24, 2.45) is 0 Å². The summed E-state index contributed by atoms with van der Waals surface area (Å²) >= 11 is 0. The zero-order chi connectivity index (χ0) is 28.2. The van der Waals surface area contributed by atoms with Crippen molar-refractivity contribution in [2.45, 2.75) is 18.0 Å². The SMILES string of the molecule is O=C(NCCCn1c2c(c3ccc([N+](=O)[O-])cc3c1=O)C(=O)c1cc(F)ccc1-2)OCCSSc1ccccn1. The Balaban J connectivity index is 1.28. The average molecular weight is 581 g/mol. The van der Waals surface area contributed by atoms with Gasteiger partial charge in [0, 0.05) is 53.7 Å². The number of nitrogens with one attached hydrogen (secondary N) is 1. The van der Waals surface area contributed by atoms with Crippen molar-refractivity contribution in [2.75, 3.05) is 18.9 Å². The molecule has 5 rings (SSSR count). The summed E-state index contributed by atoms with van der Waals surface area (Å²) in [4.78, 5) is 53.8. The lowest BCUT2D eigenvalue weighted by Gasteiger charge is -2.15. The second-order valence-electron chi connectivity index (χ2n) is 8.68. The first-order valence-corrected chi connectivity index (χ1v) is 14.5. The maximum absolute atomic E-state index is 14.0. The molecule has 1 N–H and O–H groups in total. The molecule has 0 fully saturated rings. The highest BCUT2D eigenvalue weighted by Gasteiger charge is 2.33. The van der Waals surface area contributed by atoms with Gasteiger partial charge in [-0.15, -0.1) is 0 Å². The van der Waals surface area contributed by atoms with E-state index in [1.165, 1.54) is 50.4 Å². The molecule has 0 radical (unpaired) electrons. The van der Waals surface area contributed by atoms with Crippen LogP contribution in [0.5, 0.6) is 0 Å². The summed E-state index contributed by atoms with van der Waals surface area (Å²) in [7, 11) is 2.98. The molecule has 0 atom stereocenters. The van der Waals surface area contributed by atoms with E-state index >= 15 is 0 Å². The van der Waals surface area contributed by atoms with Crippen LogP contribution >= 0.6 is 21.6 Å². The zero-order valence-corrected chi connectivity index (χ0v) is 22.4. The summed E-state index contributed by atoms with van der Waals surface area (Å²) in [5.41, 5.74) is 0.246. The van der Waals surface area contributed by atoms with E-state index < -0.39 is 28.2 Å². The molecule has 2 aromatic carbocycles. The molecule has 1 amide bonds. The molecule has 13 heteroatoms. The number of aromatic nitrogens is 2. The van der Waals surface area contributed by atoms with Crippen molar-refractivity contribution in [1.29, 1.82) is 0 Å². The topological polar surface area (TPSA) is 133 Å². The molecule has 1 aliphatic carbocycles. The third-order valence-corrected chi connectivity index (χ3v) is 8.41. The summed E-state index contributed by atoms with van der Waals surface area (Å²) in [6.45, 7) is 0.468. The lowest BCUT2D eigenvalue weighted by Crippen LogP contribution is -2.29. The first-order valence-electron chi connectivity index (χ1n) is 12.2. The molecule has 1 aliphatic rings. The minimum atomic E-state index is -0.617. The van der Waals surface area contributed by atoms with E-state index in [1.54, 1.807) is 6.20 Å². The molecule has 0 unspecified atom stereocenters. The maximum atomic E-state index is 14.0. The summed E-state index contributed by atoms with van der Waals surface area (Å²) in [5.74, 6) is -0.490. The first-order chi connectivity index (χ1) is 19.3. The molecule has 0 bridgehead atoms. The van der Waals surface area contributed by atoms with Crippen molar-refractivity contribution in [3.05, 3.63) is 98.2 Å². The number of halogens is 1. The van der Waals surface area contributed by atoms with Gasteiger partial charge in [-0.3, -0.25) is 19.7 Å². The largest absolute Gasteiger partial charge is 0.449 e. The van der Waals surface area contributed by atoms with Crippen LogP contribution in [0.1, 0.15) is 22.3 Å². The molecule has 204 valence electrons. The second kappa shape index (κ2) is 11.9. The number of alkyl carbamates (subject to hydrolysis) is 1. The fourth-order valence-corrected chi connectivity index (χ4v) is 6.17. The summed E-state index contributed by atoms with van der Waals surface area (Å²) < 4.78 is 20.5. The van der Waals surface area contributed by atoms with E-state index in [0.29, 0.717) is 23.4 Å². The zero-order valence-electron chi connectivity index (χ0n) is 20.8. The molecular formula is C27H21FN4O6S2. The standard InChI is InChI=1S/C27H21FN4O6S2/c28-16-5-7-19-20(14-16)25(33)23-18-8-6-17(32(36)37)15-21(18)26(34)31(24(19)23)11-3-10-30-27(35)38-12-13-39-40-22-4-1-2-9-29-22/h1-2,4-9,14-15H,3,10-13H2,(H,30,35). The van der Waals surface area contributed by atoms with Crippen LogP contribution in [0.15, 0.2) is 70.6 Å². The van der Waals surface area contributed by atoms with Crippen LogP contribution < -0.4 is 10.9 Å². The number of ether oxygens (including phenoxy) is 1. The lowest BCUT2D eigenvalue weighted by atomic mass is 10.0. The third kappa shape index (κ3) is 5.56. The van der Waals surface area contributed by atoms with Crippen LogP contribution in [0.3, 0.4) is 0 Å². The number of carbonyl (C=O) groups excluding carboxylic acids is 2. The number of rotatable bonds is 10. The molecular weight excluding hydrogens is 559 g/mol. The van der Waals surface area contributed by atoms with Gasteiger partial charge in [-0.25, -0.2) is 14.2 Å². The van der Waals surface area contributed by atoms with Gasteiger partial charge in [-0.1, -0.05) is 16.9 Å². The van der Waals surface area contributed by atoms with Crippen LogP contribution in [-0.4, -0.2) is 45.3 Å². The minimum Gasteiger partial charge on any atom is -0.449 e. The molecule has 4 aromatic rings. The summed E-state index contributed by atoms with van der Waals surface area (Å²) in [5, 5.41) is 15.1. The predicted octanol–water partition coefficient (Wildman–Crippen LogP) is 5.21. The number of fused-ring (bicyclic) bond motifs is 5. The van der Waals surface area contributed by atoms with Gasteiger partial charge >= 0.3 is 6.09 Å². The Morgan fingerprint density at radius 1 is 1.10 bits per heavy atom. The Kier molecular flexibility index (Phi) is 8.12. The maximum Gasteiger partial charge on any atom is 0.407 e. The van der Waals surface area contributed by atoms with E-state index in [-0.39, 0.29) is 47.3 Å². The Hall–Kier alpha value is -4.23. The smallest absolute Gasteiger partial charge is 0.407 e. The molecule has 0 aliphatic heterocycles. The summed E-state index contributed by atoms with van der Waals surface area (Å²) in [6, 6.07) is 13.1. The van der Waals surface area contributed by atoms with Crippen LogP contribution in [0.4, 0.5) is 14.9 Å². The second-order valence-corrected chi connectivity index (χ2v) is 11.1. The number of hydrogen-bond donors (Lipinski definition) is 1. The number of amides is 1. The highest BCUT2D eigenvalue weighted by Crippen LogP contribution is 2.40. The van der Waals surface area contributed by atoms with E-state index in [9.17, 15) is 28.9 Å². The Labute approximate surface area is 234 Å². The van der Waals surface area contributed by atoms with Crippen molar-refractivity contribution in [3.63, 3.8) is 0 Å². The number of pyridine rings is 2. The van der Waals surface area contributed by atoms with E-state index in [1.807, 2.05) is 18.2 Å². The van der Waals surface area contributed by atoms with Crippen molar-refractivity contribution >= 4 is 49.9 Å². The van der Waals surface area contributed by atoms with E-state index in [0.717, 1.165) is 17.2 Å². The van der Waals surface area contributed by atoms with Gasteiger partial charge in [0.25, 0.3) is 11.2 Å². The number of benzene rings is 2. The van der Waals surface area contributed by atoms with Gasteiger partial charge in [0.1, 0.15) is 17.5 Å². The number of hydrogen-bond acceptors (Lipinski definition) is 9. The van der Waals surface area contributed by atoms with Crippen LogP contribution in [0.25, 0.3) is 22.0 Å². The number of nitrogens with zero attached hydrogens (tertiary/aromatic N) is 3. The number of nitro groups is 1. The molecule has 0 spiro atoms. The van der Waals surface area contributed by atoms with Gasteiger partial charge in [-0.2, -0.15) is 0 Å². The molecule has 2 heterocycles.